The zero-order chi connectivity index (χ0) is 12.1. The van der Waals surface area contributed by atoms with E-state index in [1.807, 2.05) is 0 Å². The zero-order valence-electron chi connectivity index (χ0n) is 11.1. The van der Waals surface area contributed by atoms with Crippen molar-refractivity contribution in [1.82, 2.24) is 10.2 Å². The second-order valence-electron chi connectivity index (χ2n) is 5.58. The van der Waals surface area contributed by atoms with E-state index in [1.54, 1.807) is 0 Å². The van der Waals surface area contributed by atoms with Gasteiger partial charge < -0.3 is 10.2 Å². The Balaban J connectivity index is 1.83. The van der Waals surface area contributed by atoms with Gasteiger partial charge in [-0.15, -0.1) is 0 Å². The third-order valence-electron chi connectivity index (χ3n) is 4.15. The molecule has 3 nitrogen and oxygen atoms in total. The van der Waals surface area contributed by atoms with Crippen LogP contribution in [0.4, 0.5) is 0 Å². The largest absolute Gasteiger partial charge is 0.341 e. The normalized spacial score (nSPS) is 30.3. The highest BCUT2D eigenvalue weighted by Crippen LogP contribution is 2.22. The van der Waals surface area contributed by atoms with E-state index in [0.29, 0.717) is 5.91 Å². The monoisotopic (exact) mass is 238 g/mol. The van der Waals surface area contributed by atoms with Crippen LogP contribution in [-0.4, -0.2) is 36.5 Å². The fraction of sp³-hybridized carbons (Fsp3) is 0.929. The van der Waals surface area contributed by atoms with Crippen molar-refractivity contribution in [3.05, 3.63) is 0 Å². The van der Waals surface area contributed by atoms with Gasteiger partial charge in [0.1, 0.15) is 0 Å². The molecule has 2 fully saturated rings. The molecule has 0 spiro atoms. The molecule has 2 aliphatic rings. The average molecular weight is 238 g/mol. The summed E-state index contributed by atoms with van der Waals surface area (Å²) < 4.78 is 0. The molecule has 2 saturated heterocycles. The number of nitrogens with zero attached hydrogens (tertiary/aromatic N) is 1. The van der Waals surface area contributed by atoms with Gasteiger partial charge >= 0.3 is 0 Å². The number of hydrogen-bond acceptors (Lipinski definition) is 2. The maximum absolute atomic E-state index is 12.4. The van der Waals surface area contributed by atoms with Crippen LogP contribution in [-0.2, 0) is 4.79 Å². The molecule has 0 aromatic carbocycles. The molecule has 2 heterocycles. The van der Waals surface area contributed by atoms with E-state index in [9.17, 15) is 4.79 Å². The Morgan fingerprint density at radius 3 is 3.00 bits per heavy atom. The number of rotatable bonds is 3. The van der Waals surface area contributed by atoms with Crippen molar-refractivity contribution in [3.63, 3.8) is 0 Å². The van der Waals surface area contributed by atoms with Crippen LogP contribution in [0.5, 0.6) is 0 Å². The van der Waals surface area contributed by atoms with E-state index in [1.165, 1.54) is 38.5 Å². The predicted octanol–water partition coefficient (Wildman–Crippen LogP) is 2.17. The van der Waals surface area contributed by atoms with E-state index >= 15 is 0 Å². The van der Waals surface area contributed by atoms with Crippen molar-refractivity contribution < 1.29 is 4.79 Å². The number of amides is 1. The first kappa shape index (κ1) is 12.9. The summed E-state index contributed by atoms with van der Waals surface area (Å²) in [6.07, 6.45) is 8.48. The van der Waals surface area contributed by atoms with E-state index in [2.05, 4.69) is 17.1 Å². The molecule has 0 aromatic rings. The first-order valence-corrected chi connectivity index (χ1v) is 7.33. The SMILES string of the molecule is CCCC1CCN(C(=O)C2CCCCCN2)C1. The van der Waals surface area contributed by atoms with Crippen molar-refractivity contribution >= 4 is 5.91 Å². The summed E-state index contributed by atoms with van der Waals surface area (Å²) >= 11 is 0. The van der Waals surface area contributed by atoms with Crippen LogP contribution >= 0.6 is 0 Å². The van der Waals surface area contributed by atoms with Crippen molar-refractivity contribution in [2.24, 2.45) is 5.92 Å². The predicted molar refractivity (Wildman–Crippen MR) is 69.9 cm³/mol. The molecule has 2 atom stereocenters. The smallest absolute Gasteiger partial charge is 0.239 e. The summed E-state index contributed by atoms with van der Waals surface area (Å²) in [7, 11) is 0. The molecule has 0 bridgehead atoms. The third-order valence-corrected chi connectivity index (χ3v) is 4.15. The molecular weight excluding hydrogens is 212 g/mol. The Morgan fingerprint density at radius 1 is 1.29 bits per heavy atom. The first-order chi connectivity index (χ1) is 8.31. The van der Waals surface area contributed by atoms with Crippen LogP contribution in [0.2, 0.25) is 0 Å². The molecule has 2 aliphatic heterocycles. The van der Waals surface area contributed by atoms with E-state index in [0.717, 1.165) is 32.0 Å². The second kappa shape index (κ2) is 6.39. The minimum atomic E-state index is 0.109. The molecule has 0 saturated carbocycles. The fourth-order valence-corrected chi connectivity index (χ4v) is 3.14. The average Bonchev–Trinajstić information content (AvgIpc) is 2.64. The summed E-state index contributed by atoms with van der Waals surface area (Å²) in [6, 6.07) is 0.109. The highest BCUT2D eigenvalue weighted by molar-refractivity contribution is 5.82. The van der Waals surface area contributed by atoms with Gasteiger partial charge in [-0.2, -0.15) is 0 Å². The van der Waals surface area contributed by atoms with E-state index in [-0.39, 0.29) is 6.04 Å². The number of likely N-dealkylation sites (tertiary alicyclic amines) is 1. The highest BCUT2D eigenvalue weighted by atomic mass is 16.2. The molecule has 17 heavy (non-hydrogen) atoms. The van der Waals surface area contributed by atoms with Gasteiger partial charge in [-0.25, -0.2) is 0 Å². The quantitative estimate of drug-likeness (QED) is 0.817. The molecule has 0 radical (unpaired) electrons. The Hall–Kier alpha value is -0.570. The summed E-state index contributed by atoms with van der Waals surface area (Å²) in [5.74, 6) is 1.13. The molecule has 3 heteroatoms. The molecule has 0 aromatic heterocycles. The van der Waals surface area contributed by atoms with Crippen molar-refractivity contribution in [3.8, 4) is 0 Å². The molecule has 98 valence electrons. The lowest BCUT2D eigenvalue weighted by molar-refractivity contribution is -0.132. The van der Waals surface area contributed by atoms with Gasteiger partial charge in [0.25, 0.3) is 0 Å². The lowest BCUT2D eigenvalue weighted by atomic mass is 10.0. The van der Waals surface area contributed by atoms with Crippen LogP contribution in [0.3, 0.4) is 0 Å². The van der Waals surface area contributed by atoms with Gasteiger partial charge in [0.05, 0.1) is 6.04 Å². The van der Waals surface area contributed by atoms with Gasteiger partial charge in [-0.05, 0) is 38.1 Å². The third kappa shape index (κ3) is 3.44. The van der Waals surface area contributed by atoms with Crippen LogP contribution in [0.15, 0.2) is 0 Å². The van der Waals surface area contributed by atoms with Crippen molar-refractivity contribution in [2.45, 2.75) is 57.9 Å². The lowest BCUT2D eigenvalue weighted by Crippen LogP contribution is -2.45. The highest BCUT2D eigenvalue weighted by Gasteiger charge is 2.30. The van der Waals surface area contributed by atoms with Crippen LogP contribution in [0.1, 0.15) is 51.9 Å². The first-order valence-electron chi connectivity index (χ1n) is 7.33. The summed E-state index contributed by atoms with van der Waals surface area (Å²) in [5, 5.41) is 3.41. The lowest BCUT2D eigenvalue weighted by Gasteiger charge is -2.23. The molecule has 2 rings (SSSR count). The minimum Gasteiger partial charge on any atom is -0.341 e. The van der Waals surface area contributed by atoms with E-state index in [4.69, 9.17) is 0 Å². The van der Waals surface area contributed by atoms with Crippen LogP contribution in [0.25, 0.3) is 0 Å². The van der Waals surface area contributed by atoms with Gasteiger partial charge in [-0.3, -0.25) is 4.79 Å². The number of nitrogens with one attached hydrogen (secondary N) is 1. The Bertz CT molecular complexity index is 247. The Kier molecular flexibility index (Phi) is 4.84. The minimum absolute atomic E-state index is 0.109. The van der Waals surface area contributed by atoms with E-state index < -0.39 is 0 Å². The molecule has 1 N–H and O–H groups in total. The van der Waals surface area contributed by atoms with Gasteiger partial charge in [0, 0.05) is 13.1 Å². The maximum Gasteiger partial charge on any atom is 0.239 e. The standard InChI is InChI=1S/C14H26N2O/c1-2-6-12-8-10-16(11-12)14(17)13-7-4-3-5-9-15-13/h12-13,15H,2-11H2,1H3. The number of carbonyl (C=O) groups is 1. The maximum atomic E-state index is 12.4. The number of hydrogen-bond donors (Lipinski definition) is 1. The number of carbonyl (C=O) groups excluding carboxylic acids is 1. The Labute approximate surface area is 105 Å². The molecular formula is C14H26N2O. The van der Waals surface area contributed by atoms with Crippen LogP contribution in [0, 0.1) is 5.92 Å². The van der Waals surface area contributed by atoms with Gasteiger partial charge in [0.15, 0.2) is 0 Å². The topological polar surface area (TPSA) is 32.3 Å². The van der Waals surface area contributed by atoms with Gasteiger partial charge in [0.2, 0.25) is 5.91 Å². The zero-order valence-corrected chi connectivity index (χ0v) is 11.1. The van der Waals surface area contributed by atoms with Gasteiger partial charge in [-0.1, -0.05) is 26.2 Å². The van der Waals surface area contributed by atoms with Crippen molar-refractivity contribution in [2.75, 3.05) is 19.6 Å². The molecule has 1 amide bonds. The molecule has 2 unspecified atom stereocenters. The molecule has 0 aliphatic carbocycles. The fourth-order valence-electron chi connectivity index (χ4n) is 3.14. The second-order valence-corrected chi connectivity index (χ2v) is 5.58. The summed E-state index contributed by atoms with van der Waals surface area (Å²) in [6.45, 7) is 5.24. The summed E-state index contributed by atoms with van der Waals surface area (Å²) in [4.78, 5) is 14.5. The Morgan fingerprint density at radius 2 is 2.18 bits per heavy atom. The van der Waals surface area contributed by atoms with Crippen molar-refractivity contribution in [1.29, 1.82) is 0 Å². The van der Waals surface area contributed by atoms with Crippen LogP contribution < -0.4 is 5.32 Å². The summed E-state index contributed by atoms with van der Waals surface area (Å²) in [5.41, 5.74) is 0.